The molecule has 104 valence electrons. The summed E-state index contributed by atoms with van der Waals surface area (Å²) in [6, 6.07) is 0.949. The highest BCUT2D eigenvalue weighted by Gasteiger charge is 2.32. The van der Waals surface area contributed by atoms with E-state index in [-0.39, 0.29) is 5.91 Å². The van der Waals surface area contributed by atoms with Gasteiger partial charge in [0.1, 0.15) is 0 Å². The van der Waals surface area contributed by atoms with Crippen molar-refractivity contribution in [2.45, 2.75) is 57.0 Å². The Morgan fingerprint density at radius 1 is 1.22 bits per heavy atom. The first-order valence-electron chi connectivity index (χ1n) is 7.42. The molecule has 2 fully saturated rings. The summed E-state index contributed by atoms with van der Waals surface area (Å²) in [5, 5.41) is 0. The second kappa shape index (κ2) is 6.53. The van der Waals surface area contributed by atoms with Crippen LogP contribution in [0, 0.1) is 0 Å². The Morgan fingerprint density at radius 3 is 2.50 bits per heavy atom. The molecular formula is C14H27N3O. The monoisotopic (exact) mass is 253 g/mol. The SMILES string of the molecule is CN1C(=O)CN(C2CCCCCC2)CC1CCN. The third-order valence-electron chi connectivity index (χ3n) is 4.57. The van der Waals surface area contributed by atoms with Crippen molar-refractivity contribution < 1.29 is 4.79 Å². The molecular weight excluding hydrogens is 226 g/mol. The average molecular weight is 253 g/mol. The maximum atomic E-state index is 12.1. The first kappa shape index (κ1) is 13.8. The second-order valence-corrected chi connectivity index (χ2v) is 5.81. The molecule has 1 heterocycles. The number of likely N-dealkylation sites (N-methyl/N-ethyl adjacent to an activating group) is 1. The summed E-state index contributed by atoms with van der Waals surface area (Å²) < 4.78 is 0. The molecule has 0 radical (unpaired) electrons. The van der Waals surface area contributed by atoms with E-state index in [0.29, 0.717) is 25.2 Å². The van der Waals surface area contributed by atoms with Crippen LogP contribution < -0.4 is 5.73 Å². The highest BCUT2D eigenvalue weighted by Crippen LogP contribution is 2.24. The van der Waals surface area contributed by atoms with Crippen LogP contribution in [0.3, 0.4) is 0 Å². The molecule has 2 rings (SSSR count). The standard InChI is InChI=1S/C14H27N3O/c1-16-13(8-9-15)10-17(11-14(16)18)12-6-4-2-3-5-7-12/h12-13H,2-11,15H2,1H3. The van der Waals surface area contributed by atoms with Gasteiger partial charge in [-0.3, -0.25) is 9.69 Å². The summed E-state index contributed by atoms with van der Waals surface area (Å²) in [5.41, 5.74) is 5.66. The number of carbonyl (C=O) groups is 1. The zero-order valence-corrected chi connectivity index (χ0v) is 11.6. The lowest BCUT2D eigenvalue weighted by Crippen LogP contribution is -2.57. The molecule has 4 nitrogen and oxygen atoms in total. The number of rotatable bonds is 3. The van der Waals surface area contributed by atoms with Crippen LogP contribution in [0.25, 0.3) is 0 Å². The van der Waals surface area contributed by atoms with Gasteiger partial charge in [0.05, 0.1) is 6.54 Å². The van der Waals surface area contributed by atoms with Gasteiger partial charge in [0.15, 0.2) is 0 Å². The number of nitrogens with two attached hydrogens (primary N) is 1. The van der Waals surface area contributed by atoms with Crippen LogP contribution in [-0.4, -0.2) is 54.5 Å². The van der Waals surface area contributed by atoms with Gasteiger partial charge in [0.2, 0.25) is 5.91 Å². The molecule has 2 N–H and O–H groups in total. The lowest BCUT2D eigenvalue weighted by atomic mass is 10.0. The van der Waals surface area contributed by atoms with E-state index < -0.39 is 0 Å². The van der Waals surface area contributed by atoms with E-state index >= 15 is 0 Å². The molecule has 1 aliphatic heterocycles. The summed E-state index contributed by atoms with van der Waals surface area (Å²) in [6.07, 6.45) is 8.85. The zero-order chi connectivity index (χ0) is 13.0. The fraction of sp³-hybridized carbons (Fsp3) is 0.929. The minimum atomic E-state index is 0.268. The summed E-state index contributed by atoms with van der Waals surface area (Å²) >= 11 is 0. The van der Waals surface area contributed by atoms with Gasteiger partial charge in [-0.05, 0) is 25.8 Å². The van der Waals surface area contributed by atoms with Crippen molar-refractivity contribution in [1.29, 1.82) is 0 Å². The third kappa shape index (κ3) is 3.23. The van der Waals surface area contributed by atoms with Crippen LogP contribution in [-0.2, 0) is 4.79 Å². The third-order valence-corrected chi connectivity index (χ3v) is 4.57. The first-order valence-corrected chi connectivity index (χ1v) is 7.42. The molecule has 2 aliphatic rings. The average Bonchev–Trinajstić information content (AvgIpc) is 2.63. The zero-order valence-electron chi connectivity index (χ0n) is 11.6. The van der Waals surface area contributed by atoms with E-state index in [1.54, 1.807) is 0 Å². The summed E-state index contributed by atoms with van der Waals surface area (Å²) in [6.45, 7) is 2.30. The quantitative estimate of drug-likeness (QED) is 0.769. The largest absolute Gasteiger partial charge is 0.340 e. The Morgan fingerprint density at radius 2 is 1.89 bits per heavy atom. The predicted molar refractivity (Wildman–Crippen MR) is 73.3 cm³/mol. The van der Waals surface area contributed by atoms with Gasteiger partial charge in [-0.15, -0.1) is 0 Å². The van der Waals surface area contributed by atoms with Gasteiger partial charge in [-0.2, -0.15) is 0 Å². The van der Waals surface area contributed by atoms with Crippen LogP contribution in [0.15, 0.2) is 0 Å². The van der Waals surface area contributed by atoms with Crippen molar-refractivity contribution in [3.63, 3.8) is 0 Å². The van der Waals surface area contributed by atoms with Crippen LogP contribution in [0.4, 0.5) is 0 Å². The number of amides is 1. The van der Waals surface area contributed by atoms with Gasteiger partial charge in [0, 0.05) is 25.7 Å². The molecule has 0 spiro atoms. The molecule has 1 saturated heterocycles. The molecule has 18 heavy (non-hydrogen) atoms. The Balaban J connectivity index is 1.97. The van der Waals surface area contributed by atoms with E-state index in [2.05, 4.69) is 4.90 Å². The molecule has 4 heteroatoms. The van der Waals surface area contributed by atoms with Gasteiger partial charge in [0.25, 0.3) is 0 Å². The van der Waals surface area contributed by atoms with Crippen molar-refractivity contribution in [3.8, 4) is 0 Å². The normalized spacial score (nSPS) is 28.4. The predicted octanol–water partition coefficient (Wildman–Crippen LogP) is 1.20. The van der Waals surface area contributed by atoms with Crippen LogP contribution in [0.1, 0.15) is 44.9 Å². The smallest absolute Gasteiger partial charge is 0.236 e. The first-order chi connectivity index (χ1) is 8.72. The molecule has 0 aromatic heterocycles. The Labute approximate surface area is 110 Å². The van der Waals surface area contributed by atoms with E-state index in [4.69, 9.17) is 5.73 Å². The van der Waals surface area contributed by atoms with E-state index in [9.17, 15) is 4.79 Å². The maximum Gasteiger partial charge on any atom is 0.236 e. The summed E-state index contributed by atoms with van der Waals surface area (Å²) in [7, 11) is 1.92. The number of hydrogen-bond acceptors (Lipinski definition) is 3. The topological polar surface area (TPSA) is 49.6 Å². The minimum absolute atomic E-state index is 0.268. The van der Waals surface area contributed by atoms with Crippen molar-refractivity contribution in [2.75, 3.05) is 26.7 Å². The molecule has 0 bridgehead atoms. The van der Waals surface area contributed by atoms with Gasteiger partial charge < -0.3 is 10.6 Å². The highest BCUT2D eigenvalue weighted by molar-refractivity contribution is 5.79. The Kier molecular flexibility index (Phi) is 5.01. The van der Waals surface area contributed by atoms with Gasteiger partial charge >= 0.3 is 0 Å². The number of nitrogens with zero attached hydrogens (tertiary/aromatic N) is 2. The summed E-state index contributed by atoms with van der Waals surface area (Å²) in [5.74, 6) is 0.268. The minimum Gasteiger partial charge on any atom is -0.340 e. The van der Waals surface area contributed by atoms with E-state index in [1.807, 2.05) is 11.9 Å². The number of carbonyl (C=O) groups excluding carboxylic acids is 1. The van der Waals surface area contributed by atoms with Crippen molar-refractivity contribution in [3.05, 3.63) is 0 Å². The number of hydrogen-bond donors (Lipinski definition) is 1. The van der Waals surface area contributed by atoms with Crippen molar-refractivity contribution in [1.82, 2.24) is 9.80 Å². The van der Waals surface area contributed by atoms with E-state index in [0.717, 1.165) is 13.0 Å². The lowest BCUT2D eigenvalue weighted by molar-refractivity contribution is -0.139. The summed E-state index contributed by atoms with van der Waals surface area (Å²) in [4.78, 5) is 16.4. The maximum absolute atomic E-state index is 12.1. The van der Waals surface area contributed by atoms with E-state index in [1.165, 1.54) is 38.5 Å². The van der Waals surface area contributed by atoms with Gasteiger partial charge in [-0.25, -0.2) is 0 Å². The molecule has 1 unspecified atom stereocenters. The second-order valence-electron chi connectivity index (χ2n) is 5.81. The fourth-order valence-corrected chi connectivity index (χ4v) is 3.33. The van der Waals surface area contributed by atoms with Gasteiger partial charge in [-0.1, -0.05) is 25.7 Å². The number of piperazine rings is 1. The molecule has 0 aromatic rings. The molecule has 0 aromatic carbocycles. The van der Waals surface area contributed by atoms with Crippen LogP contribution in [0.2, 0.25) is 0 Å². The molecule has 1 saturated carbocycles. The van der Waals surface area contributed by atoms with Crippen molar-refractivity contribution in [2.24, 2.45) is 5.73 Å². The highest BCUT2D eigenvalue weighted by atomic mass is 16.2. The fourth-order valence-electron chi connectivity index (χ4n) is 3.33. The van der Waals surface area contributed by atoms with Crippen molar-refractivity contribution >= 4 is 5.91 Å². The van der Waals surface area contributed by atoms with Crippen LogP contribution in [0.5, 0.6) is 0 Å². The molecule has 1 aliphatic carbocycles. The van der Waals surface area contributed by atoms with Crippen LogP contribution >= 0.6 is 0 Å². The molecule has 1 atom stereocenters. The molecule has 1 amide bonds. The lowest BCUT2D eigenvalue weighted by Gasteiger charge is -2.42. The Hall–Kier alpha value is -0.610. The Bertz CT molecular complexity index is 274.